The van der Waals surface area contributed by atoms with Gasteiger partial charge in [0.1, 0.15) is 5.54 Å². The zero-order valence-electron chi connectivity index (χ0n) is 11.0. The highest BCUT2D eigenvalue weighted by Gasteiger charge is 2.44. The molecule has 0 aliphatic carbocycles. The smallest absolute Gasteiger partial charge is 0.329 e. The van der Waals surface area contributed by atoms with Crippen LogP contribution in [-0.4, -0.2) is 39.1 Å². The summed E-state index contributed by atoms with van der Waals surface area (Å²) in [6.07, 6.45) is 3.80. The standard InChI is InChI=1S/C12H17N3O3S/c1-8-7-13-10(19-8)14-11(18)15-6-4-3-5-12(15,2)9(16)17/h7H,3-6H2,1-2H3,(H,16,17)(H,13,14,18). The molecule has 2 heterocycles. The number of rotatable bonds is 2. The summed E-state index contributed by atoms with van der Waals surface area (Å²) in [5.74, 6) is -0.960. The molecule has 7 heteroatoms. The number of nitrogens with one attached hydrogen (secondary N) is 1. The lowest BCUT2D eigenvalue weighted by Crippen LogP contribution is -2.58. The zero-order chi connectivity index (χ0) is 14.0. The first kappa shape index (κ1) is 13.8. The van der Waals surface area contributed by atoms with E-state index in [0.29, 0.717) is 18.1 Å². The number of urea groups is 1. The van der Waals surface area contributed by atoms with Gasteiger partial charge in [-0.3, -0.25) is 5.32 Å². The molecule has 0 radical (unpaired) electrons. The minimum absolute atomic E-state index is 0.390. The van der Waals surface area contributed by atoms with Gasteiger partial charge < -0.3 is 10.0 Å². The van der Waals surface area contributed by atoms with Crippen LogP contribution in [-0.2, 0) is 4.79 Å². The van der Waals surface area contributed by atoms with Crippen LogP contribution in [0.25, 0.3) is 0 Å². The summed E-state index contributed by atoms with van der Waals surface area (Å²) in [5.41, 5.74) is -1.13. The number of hydrogen-bond acceptors (Lipinski definition) is 4. The number of likely N-dealkylation sites (tertiary alicyclic amines) is 1. The van der Waals surface area contributed by atoms with E-state index in [1.54, 1.807) is 13.1 Å². The van der Waals surface area contributed by atoms with Crippen molar-refractivity contribution in [2.24, 2.45) is 0 Å². The van der Waals surface area contributed by atoms with Gasteiger partial charge in [-0.15, -0.1) is 11.3 Å². The van der Waals surface area contributed by atoms with Gasteiger partial charge in [0.25, 0.3) is 0 Å². The van der Waals surface area contributed by atoms with Gasteiger partial charge in [-0.2, -0.15) is 0 Å². The first-order chi connectivity index (χ1) is 8.93. The van der Waals surface area contributed by atoms with Crippen molar-refractivity contribution < 1.29 is 14.7 Å². The lowest BCUT2D eigenvalue weighted by molar-refractivity contribution is -0.150. The van der Waals surface area contributed by atoms with Crippen molar-refractivity contribution in [3.63, 3.8) is 0 Å². The fraction of sp³-hybridized carbons (Fsp3) is 0.583. The van der Waals surface area contributed by atoms with Crippen molar-refractivity contribution in [2.75, 3.05) is 11.9 Å². The average Bonchev–Trinajstić information content (AvgIpc) is 2.75. The second kappa shape index (κ2) is 5.16. The van der Waals surface area contributed by atoms with Crippen molar-refractivity contribution >= 4 is 28.5 Å². The van der Waals surface area contributed by atoms with Gasteiger partial charge >= 0.3 is 12.0 Å². The molecule has 1 aliphatic rings. The van der Waals surface area contributed by atoms with E-state index in [4.69, 9.17) is 0 Å². The molecule has 1 aromatic rings. The maximum atomic E-state index is 12.2. The minimum atomic E-state index is -1.13. The number of aliphatic carboxylic acids is 1. The van der Waals surface area contributed by atoms with Crippen LogP contribution in [0.15, 0.2) is 6.20 Å². The molecule has 1 aromatic heterocycles. The number of amides is 2. The van der Waals surface area contributed by atoms with E-state index in [2.05, 4.69) is 10.3 Å². The highest BCUT2D eigenvalue weighted by Crippen LogP contribution is 2.29. The van der Waals surface area contributed by atoms with E-state index < -0.39 is 11.5 Å². The lowest BCUT2D eigenvalue weighted by atomic mass is 9.89. The van der Waals surface area contributed by atoms with Crippen LogP contribution in [0, 0.1) is 6.92 Å². The second-order valence-corrected chi connectivity index (χ2v) is 6.13. The Morgan fingerprint density at radius 2 is 2.26 bits per heavy atom. The number of aryl methyl sites for hydroxylation is 1. The van der Waals surface area contributed by atoms with Gasteiger partial charge in [-0.25, -0.2) is 14.6 Å². The highest BCUT2D eigenvalue weighted by atomic mass is 32.1. The van der Waals surface area contributed by atoms with Gasteiger partial charge in [0, 0.05) is 17.6 Å². The number of carboxylic acid groups (broad SMARTS) is 1. The van der Waals surface area contributed by atoms with Gasteiger partial charge in [0.05, 0.1) is 0 Å². The topological polar surface area (TPSA) is 82.5 Å². The number of anilines is 1. The zero-order valence-corrected chi connectivity index (χ0v) is 11.8. The van der Waals surface area contributed by atoms with Crippen LogP contribution >= 0.6 is 11.3 Å². The summed E-state index contributed by atoms with van der Waals surface area (Å²) in [4.78, 5) is 30.1. The predicted octanol–water partition coefficient (Wildman–Crippen LogP) is 2.31. The molecule has 0 spiro atoms. The van der Waals surface area contributed by atoms with E-state index in [1.165, 1.54) is 16.2 Å². The molecule has 19 heavy (non-hydrogen) atoms. The molecule has 0 saturated carbocycles. The Kier molecular flexibility index (Phi) is 3.75. The predicted molar refractivity (Wildman–Crippen MR) is 72.5 cm³/mol. The van der Waals surface area contributed by atoms with Gasteiger partial charge in [-0.05, 0) is 33.1 Å². The number of carboxylic acids is 1. The van der Waals surface area contributed by atoms with Crippen molar-refractivity contribution in [3.05, 3.63) is 11.1 Å². The van der Waals surface area contributed by atoms with Crippen LogP contribution in [0.3, 0.4) is 0 Å². The van der Waals surface area contributed by atoms with Crippen molar-refractivity contribution in [1.82, 2.24) is 9.88 Å². The summed E-state index contributed by atoms with van der Waals surface area (Å²) in [7, 11) is 0. The third-order valence-corrected chi connectivity index (χ3v) is 4.26. The molecule has 6 nitrogen and oxygen atoms in total. The molecule has 2 amide bonds. The summed E-state index contributed by atoms with van der Waals surface area (Å²) in [6.45, 7) is 3.95. The van der Waals surface area contributed by atoms with Crippen LogP contribution in [0.5, 0.6) is 0 Å². The maximum Gasteiger partial charge on any atom is 0.329 e. The number of piperidine rings is 1. The average molecular weight is 283 g/mol. The Morgan fingerprint density at radius 1 is 1.53 bits per heavy atom. The summed E-state index contributed by atoms with van der Waals surface area (Å²) >= 11 is 1.37. The highest BCUT2D eigenvalue weighted by molar-refractivity contribution is 7.15. The largest absolute Gasteiger partial charge is 0.480 e. The Morgan fingerprint density at radius 3 is 2.84 bits per heavy atom. The number of aromatic nitrogens is 1. The Labute approximate surface area is 115 Å². The van der Waals surface area contributed by atoms with Crippen molar-refractivity contribution in [3.8, 4) is 0 Å². The number of thiazole rings is 1. The molecule has 0 aromatic carbocycles. The van der Waals surface area contributed by atoms with Crippen LogP contribution in [0.4, 0.5) is 9.93 Å². The third kappa shape index (κ3) is 2.70. The molecular formula is C12H17N3O3S. The fourth-order valence-corrected chi connectivity index (χ4v) is 2.89. The minimum Gasteiger partial charge on any atom is -0.480 e. The SMILES string of the molecule is Cc1cnc(NC(=O)N2CCCCC2(C)C(=O)O)s1. The molecular weight excluding hydrogens is 266 g/mol. The first-order valence-corrected chi connectivity index (χ1v) is 6.99. The molecule has 104 valence electrons. The van der Waals surface area contributed by atoms with Crippen LogP contribution in [0.1, 0.15) is 31.1 Å². The maximum absolute atomic E-state index is 12.2. The summed E-state index contributed by atoms with van der Waals surface area (Å²) in [5, 5.41) is 12.5. The molecule has 1 saturated heterocycles. The molecule has 2 rings (SSSR count). The monoisotopic (exact) mass is 283 g/mol. The van der Waals surface area contributed by atoms with E-state index in [1.807, 2.05) is 6.92 Å². The quantitative estimate of drug-likeness (QED) is 0.872. The Hall–Kier alpha value is -1.63. The van der Waals surface area contributed by atoms with Gasteiger partial charge in [0.2, 0.25) is 0 Å². The normalized spacial score (nSPS) is 23.2. The first-order valence-electron chi connectivity index (χ1n) is 6.18. The molecule has 2 N–H and O–H groups in total. The number of nitrogens with zero attached hydrogens (tertiary/aromatic N) is 2. The second-order valence-electron chi connectivity index (χ2n) is 4.89. The van der Waals surface area contributed by atoms with E-state index in [0.717, 1.165) is 17.7 Å². The van der Waals surface area contributed by atoms with E-state index >= 15 is 0 Å². The summed E-state index contributed by atoms with van der Waals surface area (Å²) in [6, 6.07) is -0.390. The molecule has 1 unspecified atom stereocenters. The molecule has 0 bridgehead atoms. The Balaban J connectivity index is 2.14. The lowest BCUT2D eigenvalue weighted by Gasteiger charge is -2.41. The Bertz CT molecular complexity index is 502. The van der Waals surface area contributed by atoms with E-state index in [9.17, 15) is 14.7 Å². The van der Waals surface area contributed by atoms with Crippen LogP contribution in [0.2, 0.25) is 0 Å². The summed E-state index contributed by atoms with van der Waals surface area (Å²) < 4.78 is 0. The van der Waals surface area contributed by atoms with E-state index in [-0.39, 0.29) is 6.03 Å². The third-order valence-electron chi connectivity index (χ3n) is 3.43. The van der Waals surface area contributed by atoms with Crippen molar-refractivity contribution in [1.29, 1.82) is 0 Å². The molecule has 1 atom stereocenters. The van der Waals surface area contributed by atoms with Gasteiger partial charge in [-0.1, -0.05) is 0 Å². The number of hydrogen-bond donors (Lipinski definition) is 2. The fourth-order valence-electron chi connectivity index (χ4n) is 2.24. The van der Waals surface area contributed by atoms with Crippen LogP contribution < -0.4 is 5.32 Å². The van der Waals surface area contributed by atoms with Gasteiger partial charge in [0.15, 0.2) is 5.13 Å². The molecule has 1 fully saturated rings. The number of carbonyl (C=O) groups excluding carboxylic acids is 1. The number of carbonyl (C=O) groups is 2. The molecule has 1 aliphatic heterocycles. The van der Waals surface area contributed by atoms with Crippen molar-refractivity contribution in [2.45, 2.75) is 38.6 Å².